The summed E-state index contributed by atoms with van der Waals surface area (Å²) in [7, 11) is 0. The third kappa shape index (κ3) is 1.94. The van der Waals surface area contributed by atoms with Gasteiger partial charge in [0.05, 0.1) is 6.26 Å². The highest BCUT2D eigenvalue weighted by molar-refractivity contribution is 6.43. The number of carbonyl (C=O) groups is 2. The predicted molar refractivity (Wildman–Crippen MR) is 43.5 cm³/mol. The second-order valence-electron chi connectivity index (χ2n) is 3.29. The third-order valence-electron chi connectivity index (χ3n) is 1.68. The van der Waals surface area contributed by atoms with Crippen LogP contribution in [0.3, 0.4) is 0 Å². The summed E-state index contributed by atoms with van der Waals surface area (Å²) in [4.78, 5) is 22.0. The van der Waals surface area contributed by atoms with E-state index in [4.69, 9.17) is 4.74 Å². The first-order valence-corrected chi connectivity index (χ1v) is 4.01. The number of hydrogen-bond donors (Lipinski definition) is 0. The van der Waals surface area contributed by atoms with E-state index in [0.29, 0.717) is 12.3 Å². The van der Waals surface area contributed by atoms with Crippen molar-refractivity contribution in [3.05, 3.63) is 12.3 Å². The van der Waals surface area contributed by atoms with Crippen LogP contribution in [0.1, 0.15) is 20.3 Å². The molecule has 1 aliphatic heterocycles. The summed E-state index contributed by atoms with van der Waals surface area (Å²) >= 11 is 0. The van der Waals surface area contributed by atoms with Crippen molar-refractivity contribution in [2.24, 2.45) is 5.92 Å². The van der Waals surface area contributed by atoms with Crippen LogP contribution in [0.4, 0.5) is 0 Å². The van der Waals surface area contributed by atoms with Gasteiger partial charge >= 0.3 is 0 Å². The van der Waals surface area contributed by atoms with Crippen molar-refractivity contribution in [1.82, 2.24) is 0 Å². The van der Waals surface area contributed by atoms with Crippen molar-refractivity contribution in [2.75, 3.05) is 0 Å². The number of carbonyl (C=O) groups excluding carboxylic acids is 2. The fraction of sp³-hybridized carbons (Fsp3) is 0.556. The number of hydrogen-bond acceptors (Lipinski definition) is 3. The molecule has 0 fully saturated rings. The molecular formula is C9H12O3. The maximum Gasteiger partial charge on any atom is 0.243 e. The van der Waals surface area contributed by atoms with Crippen LogP contribution < -0.4 is 0 Å². The van der Waals surface area contributed by atoms with Gasteiger partial charge in [-0.2, -0.15) is 0 Å². The van der Waals surface area contributed by atoms with E-state index in [1.54, 1.807) is 0 Å². The van der Waals surface area contributed by atoms with Gasteiger partial charge in [0.1, 0.15) is 0 Å². The maximum absolute atomic E-state index is 11.1. The summed E-state index contributed by atoms with van der Waals surface area (Å²) in [5, 5.41) is 0. The number of rotatable bonds is 2. The van der Waals surface area contributed by atoms with Crippen LogP contribution in [-0.4, -0.2) is 17.7 Å². The molecule has 3 heteroatoms. The zero-order valence-corrected chi connectivity index (χ0v) is 7.24. The Balaban J connectivity index is 2.62. The Kier molecular flexibility index (Phi) is 2.63. The Labute approximate surface area is 71.4 Å². The fourth-order valence-electron chi connectivity index (χ4n) is 1.09. The molecule has 1 heterocycles. The van der Waals surface area contributed by atoms with E-state index in [9.17, 15) is 9.59 Å². The molecule has 3 nitrogen and oxygen atoms in total. The molecule has 0 aromatic heterocycles. The zero-order valence-electron chi connectivity index (χ0n) is 7.24. The normalized spacial score (nSPS) is 23.1. The molecular weight excluding hydrogens is 156 g/mol. The topological polar surface area (TPSA) is 43.4 Å². The van der Waals surface area contributed by atoms with Crippen LogP contribution in [0.2, 0.25) is 0 Å². The maximum atomic E-state index is 11.1. The molecule has 12 heavy (non-hydrogen) atoms. The van der Waals surface area contributed by atoms with Gasteiger partial charge in [0.2, 0.25) is 11.6 Å². The van der Waals surface area contributed by atoms with Gasteiger partial charge in [-0.15, -0.1) is 0 Å². The van der Waals surface area contributed by atoms with Crippen LogP contribution in [0.25, 0.3) is 0 Å². The Morgan fingerprint density at radius 3 is 2.75 bits per heavy atom. The van der Waals surface area contributed by atoms with Crippen molar-refractivity contribution >= 4 is 11.6 Å². The van der Waals surface area contributed by atoms with Gasteiger partial charge in [-0.1, -0.05) is 13.8 Å². The van der Waals surface area contributed by atoms with Crippen LogP contribution in [-0.2, 0) is 14.3 Å². The largest absolute Gasteiger partial charge is 0.490 e. The van der Waals surface area contributed by atoms with Gasteiger partial charge in [0, 0.05) is 6.08 Å². The molecule has 0 saturated heterocycles. The predicted octanol–water partition coefficient (Wildman–Crippen LogP) is 1.08. The molecule has 1 unspecified atom stereocenters. The molecule has 0 aromatic rings. The first kappa shape index (κ1) is 8.97. The first-order chi connectivity index (χ1) is 5.61. The summed E-state index contributed by atoms with van der Waals surface area (Å²) in [6, 6.07) is 0. The number of Topliss-reactive ketones (excluding diaryl/α,β-unsaturated/α-hetero) is 1. The molecule has 0 amide bonds. The molecule has 0 saturated carbocycles. The highest BCUT2D eigenvalue weighted by Gasteiger charge is 2.27. The van der Waals surface area contributed by atoms with Crippen molar-refractivity contribution in [1.29, 1.82) is 0 Å². The van der Waals surface area contributed by atoms with E-state index in [0.717, 1.165) is 0 Å². The molecule has 0 bridgehead atoms. The number of ether oxygens (including phenoxy) is 1. The summed E-state index contributed by atoms with van der Waals surface area (Å²) in [6.07, 6.45) is 2.52. The molecule has 1 atom stereocenters. The summed E-state index contributed by atoms with van der Waals surface area (Å²) in [6.45, 7) is 3.97. The summed E-state index contributed by atoms with van der Waals surface area (Å²) < 4.78 is 5.02. The van der Waals surface area contributed by atoms with E-state index in [2.05, 4.69) is 0 Å². The van der Waals surface area contributed by atoms with Crippen LogP contribution in [0.15, 0.2) is 12.3 Å². The molecule has 1 rings (SSSR count). The van der Waals surface area contributed by atoms with E-state index in [1.807, 2.05) is 13.8 Å². The van der Waals surface area contributed by atoms with Crippen LogP contribution >= 0.6 is 0 Å². The number of ketones is 2. The van der Waals surface area contributed by atoms with Crippen molar-refractivity contribution in [3.63, 3.8) is 0 Å². The second kappa shape index (κ2) is 3.52. The van der Waals surface area contributed by atoms with E-state index < -0.39 is 17.7 Å². The highest BCUT2D eigenvalue weighted by Crippen LogP contribution is 2.13. The molecule has 0 spiro atoms. The first-order valence-electron chi connectivity index (χ1n) is 4.01. The summed E-state index contributed by atoms with van der Waals surface area (Å²) in [5.41, 5.74) is 0. The summed E-state index contributed by atoms with van der Waals surface area (Å²) in [5.74, 6) is -0.517. The van der Waals surface area contributed by atoms with Crippen LogP contribution in [0.5, 0.6) is 0 Å². The van der Waals surface area contributed by atoms with Gasteiger partial charge in [-0.3, -0.25) is 9.59 Å². The van der Waals surface area contributed by atoms with Crippen LogP contribution in [0, 0.1) is 5.92 Å². The lowest BCUT2D eigenvalue weighted by molar-refractivity contribution is -0.141. The van der Waals surface area contributed by atoms with Gasteiger partial charge in [-0.05, 0) is 12.3 Å². The average molecular weight is 168 g/mol. The molecule has 0 radical (unpaired) electrons. The molecule has 1 aliphatic rings. The Morgan fingerprint density at radius 1 is 1.50 bits per heavy atom. The van der Waals surface area contributed by atoms with Gasteiger partial charge in [-0.25, -0.2) is 0 Å². The van der Waals surface area contributed by atoms with Gasteiger partial charge in [0.25, 0.3) is 0 Å². The van der Waals surface area contributed by atoms with Crippen molar-refractivity contribution < 1.29 is 14.3 Å². The van der Waals surface area contributed by atoms with Crippen molar-refractivity contribution in [2.45, 2.75) is 26.4 Å². The standard InChI is InChI=1S/C9H12O3/c1-6(2)5-8-9(11)7(10)3-4-12-8/h3-4,6,8H,5H2,1-2H3. The van der Waals surface area contributed by atoms with E-state index >= 15 is 0 Å². The second-order valence-corrected chi connectivity index (χ2v) is 3.29. The minimum absolute atomic E-state index is 0.359. The molecule has 0 N–H and O–H groups in total. The third-order valence-corrected chi connectivity index (χ3v) is 1.68. The average Bonchev–Trinajstić information content (AvgIpc) is 1.98. The van der Waals surface area contributed by atoms with Gasteiger partial charge < -0.3 is 4.74 Å². The Morgan fingerprint density at radius 2 is 2.17 bits per heavy atom. The molecule has 0 aliphatic carbocycles. The number of allylic oxidation sites excluding steroid dienone is 1. The lowest BCUT2D eigenvalue weighted by atomic mass is 9.99. The van der Waals surface area contributed by atoms with Crippen molar-refractivity contribution in [3.8, 4) is 0 Å². The Bertz CT molecular complexity index is 228. The van der Waals surface area contributed by atoms with E-state index in [-0.39, 0.29) is 0 Å². The minimum Gasteiger partial charge on any atom is -0.490 e. The molecule has 0 aromatic carbocycles. The SMILES string of the molecule is CC(C)CC1OC=CC(=O)C1=O. The smallest absolute Gasteiger partial charge is 0.243 e. The lowest BCUT2D eigenvalue weighted by Crippen LogP contribution is -2.32. The van der Waals surface area contributed by atoms with E-state index in [1.165, 1.54) is 12.3 Å². The molecule has 66 valence electrons. The lowest BCUT2D eigenvalue weighted by Gasteiger charge is -2.18. The Hall–Kier alpha value is -1.12. The zero-order chi connectivity index (χ0) is 9.14. The fourth-order valence-corrected chi connectivity index (χ4v) is 1.09. The quantitative estimate of drug-likeness (QED) is 0.579. The van der Waals surface area contributed by atoms with Gasteiger partial charge in [0.15, 0.2) is 6.10 Å². The minimum atomic E-state index is -0.553. The highest BCUT2D eigenvalue weighted by atomic mass is 16.5. The monoisotopic (exact) mass is 168 g/mol.